The van der Waals surface area contributed by atoms with E-state index in [4.69, 9.17) is 9.16 Å². The standard InChI is InChI=1S/C21H26O3Si/c1-21(2,3)25(18-10-6-4-7-11-18,19-12-8-5-9-13-19)24-16-23-20(22)17-14-15-17/h4-13,17H,14-16H2,1-3H3. The Morgan fingerprint density at radius 3 is 1.84 bits per heavy atom. The highest BCUT2D eigenvalue weighted by atomic mass is 28.4. The van der Waals surface area contributed by atoms with Crippen molar-refractivity contribution in [2.75, 3.05) is 6.79 Å². The van der Waals surface area contributed by atoms with Gasteiger partial charge in [0.15, 0.2) is 6.79 Å². The summed E-state index contributed by atoms with van der Waals surface area (Å²) in [4.78, 5) is 11.9. The molecular weight excluding hydrogens is 328 g/mol. The molecule has 1 aliphatic rings. The number of hydrogen-bond donors (Lipinski definition) is 0. The Labute approximate surface area is 151 Å². The molecule has 0 aromatic heterocycles. The predicted molar refractivity (Wildman–Crippen MR) is 102 cm³/mol. The molecule has 3 nitrogen and oxygen atoms in total. The van der Waals surface area contributed by atoms with Gasteiger partial charge >= 0.3 is 5.97 Å². The summed E-state index contributed by atoms with van der Waals surface area (Å²) in [7, 11) is -2.61. The van der Waals surface area contributed by atoms with Crippen molar-refractivity contribution in [3.8, 4) is 0 Å². The molecule has 1 aliphatic carbocycles. The molecule has 0 heterocycles. The largest absolute Gasteiger partial charge is 0.439 e. The predicted octanol–water partition coefficient (Wildman–Crippen LogP) is 3.47. The summed E-state index contributed by atoms with van der Waals surface area (Å²) < 4.78 is 11.9. The van der Waals surface area contributed by atoms with Crippen molar-refractivity contribution in [2.24, 2.45) is 5.92 Å². The first-order valence-corrected chi connectivity index (χ1v) is 10.8. The maximum Gasteiger partial charge on any atom is 0.311 e. The summed E-state index contributed by atoms with van der Waals surface area (Å²) >= 11 is 0. The zero-order valence-electron chi connectivity index (χ0n) is 15.2. The van der Waals surface area contributed by atoms with Crippen molar-refractivity contribution < 1.29 is 14.0 Å². The number of rotatable bonds is 6. The first-order valence-electron chi connectivity index (χ1n) is 8.87. The Bertz CT molecular complexity index is 663. The summed E-state index contributed by atoms with van der Waals surface area (Å²) in [5.41, 5.74) is 0. The zero-order valence-corrected chi connectivity index (χ0v) is 16.2. The van der Waals surface area contributed by atoms with Gasteiger partial charge in [0.25, 0.3) is 8.32 Å². The van der Waals surface area contributed by atoms with Gasteiger partial charge in [-0.2, -0.15) is 0 Å². The fourth-order valence-corrected chi connectivity index (χ4v) is 7.77. The fourth-order valence-electron chi connectivity index (χ4n) is 3.37. The van der Waals surface area contributed by atoms with E-state index in [1.165, 1.54) is 10.4 Å². The molecule has 0 spiro atoms. The van der Waals surface area contributed by atoms with E-state index in [9.17, 15) is 4.79 Å². The molecule has 0 atom stereocenters. The van der Waals surface area contributed by atoms with Crippen LogP contribution in [0.3, 0.4) is 0 Å². The molecule has 3 rings (SSSR count). The maximum atomic E-state index is 11.9. The average Bonchev–Trinajstić information content (AvgIpc) is 3.44. The molecule has 132 valence electrons. The summed E-state index contributed by atoms with van der Waals surface area (Å²) in [6.07, 6.45) is 1.89. The van der Waals surface area contributed by atoms with E-state index in [0.29, 0.717) is 0 Å². The van der Waals surface area contributed by atoms with Gasteiger partial charge in [-0.3, -0.25) is 4.79 Å². The van der Waals surface area contributed by atoms with E-state index in [-0.39, 0.29) is 23.7 Å². The molecule has 0 aliphatic heterocycles. The third-order valence-corrected chi connectivity index (χ3v) is 9.76. The van der Waals surface area contributed by atoms with Gasteiger partial charge in [0, 0.05) is 0 Å². The van der Waals surface area contributed by atoms with Crippen LogP contribution in [0.1, 0.15) is 33.6 Å². The lowest BCUT2D eigenvalue weighted by Crippen LogP contribution is -2.66. The van der Waals surface area contributed by atoms with Crippen LogP contribution in [0.15, 0.2) is 60.7 Å². The minimum atomic E-state index is -2.61. The molecule has 0 amide bonds. The first-order chi connectivity index (χ1) is 11.9. The van der Waals surface area contributed by atoms with Gasteiger partial charge in [-0.1, -0.05) is 81.4 Å². The SMILES string of the molecule is CC(C)(C)[Si](OCOC(=O)C1CC1)(c1ccccc1)c1ccccc1. The van der Waals surface area contributed by atoms with Crippen molar-refractivity contribution >= 4 is 24.7 Å². The molecular formula is C21H26O3Si. The summed E-state index contributed by atoms with van der Waals surface area (Å²) in [5, 5.41) is 2.27. The van der Waals surface area contributed by atoms with E-state index in [0.717, 1.165) is 12.8 Å². The Balaban J connectivity index is 1.97. The second kappa shape index (κ2) is 7.14. The smallest absolute Gasteiger partial charge is 0.311 e. The lowest BCUT2D eigenvalue weighted by atomic mass is 10.2. The van der Waals surface area contributed by atoms with Crippen molar-refractivity contribution in [2.45, 2.75) is 38.7 Å². The highest BCUT2D eigenvalue weighted by molar-refractivity contribution is 6.99. The molecule has 0 N–H and O–H groups in total. The Hall–Kier alpha value is -1.91. The minimum absolute atomic E-state index is 0.0165. The van der Waals surface area contributed by atoms with E-state index in [1.54, 1.807) is 0 Å². The van der Waals surface area contributed by atoms with Crippen molar-refractivity contribution in [1.82, 2.24) is 0 Å². The lowest BCUT2D eigenvalue weighted by molar-refractivity contribution is -0.152. The normalized spacial score (nSPS) is 15.0. The number of hydrogen-bond acceptors (Lipinski definition) is 3. The number of esters is 1. The zero-order chi connectivity index (χ0) is 17.9. The molecule has 0 unspecified atom stereocenters. The number of carbonyl (C=O) groups excluding carboxylic acids is 1. The van der Waals surface area contributed by atoms with Crippen LogP contribution in [0, 0.1) is 5.92 Å². The number of benzene rings is 2. The Kier molecular flexibility index (Phi) is 5.11. The molecule has 4 heteroatoms. The highest BCUT2D eigenvalue weighted by Gasteiger charge is 2.50. The van der Waals surface area contributed by atoms with Crippen molar-refractivity contribution in [3.63, 3.8) is 0 Å². The number of ether oxygens (including phenoxy) is 1. The van der Waals surface area contributed by atoms with Gasteiger partial charge < -0.3 is 9.16 Å². The van der Waals surface area contributed by atoms with Crippen LogP contribution in [0.4, 0.5) is 0 Å². The van der Waals surface area contributed by atoms with Gasteiger partial charge in [-0.15, -0.1) is 0 Å². The molecule has 0 radical (unpaired) electrons. The number of carbonyl (C=O) groups is 1. The quantitative estimate of drug-likeness (QED) is 0.453. The summed E-state index contributed by atoms with van der Waals surface area (Å²) in [6, 6.07) is 20.8. The van der Waals surface area contributed by atoms with E-state index >= 15 is 0 Å². The van der Waals surface area contributed by atoms with Gasteiger partial charge in [-0.05, 0) is 28.3 Å². The Morgan fingerprint density at radius 1 is 0.960 bits per heavy atom. The monoisotopic (exact) mass is 354 g/mol. The Morgan fingerprint density at radius 2 is 1.44 bits per heavy atom. The molecule has 0 saturated heterocycles. The van der Waals surface area contributed by atoms with Crippen LogP contribution >= 0.6 is 0 Å². The van der Waals surface area contributed by atoms with Crippen LogP contribution in [0.2, 0.25) is 5.04 Å². The van der Waals surface area contributed by atoms with Crippen LogP contribution < -0.4 is 10.4 Å². The van der Waals surface area contributed by atoms with Crippen LogP contribution in [-0.2, 0) is 14.0 Å². The highest BCUT2D eigenvalue weighted by Crippen LogP contribution is 2.37. The first kappa shape index (κ1) is 17.9. The summed E-state index contributed by atoms with van der Waals surface area (Å²) in [5.74, 6) is -0.0410. The minimum Gasteiger partial charge on any atom is -0.439 e. The van der Waals surface area contributed by atoms with Crippen LogP contribution in [0.5, 0.6) is 0 Å². The van der Waals surface area contributed by atoms with Crippen LogP contribution in [-0.4, -0.2) is 21.1 Å². The van der Waals surface area contributed by atoms with Gasteiger partial charge in [-0.25, -0.2) is 0 Å². The third kappa shape index (κ3) is 3.70. The van der Waals surface area contributed by atoms with E-state index in [1.807, 2.05) is 36.4 Å². The average molecular weight is 355 g/mol. The summed E-state index contributed by atoms with van der Waals surface area (Å²) in [6.45, 7) is 6.65. The van der Waals surface area contributed by atoms with E-state index in [2.05, 4.69) is 45.0 Å². The van der Waals surface area contributed by atoms with Crippen molar-refractivity contribution in [1.29, 1.82) is 0 Å². The molecule has 25 heavy (non-hydrogen) atoms. The second-order valence-corrected chi connectivity index (χ2v) is 12.0. The third-order valence-electron chi connectivity index (χ3n) is 4.80. The van der Waals surface area contributed by atoms with Crippen molar-refractivity contribution in [3.05, 3.63) is 60.7 Å². The maximum absolute atomic E-state index is 11.9. The van der Waals surface area contributed by atoms with Gasteiger partial charge in [0.2, 0.25) is 0 Å². The molecule has 1 saturated carbocycles. The molecule has 2 aromatic carbocycles. The fraction of sp³-hybridized carbons (Fsp3) is 0.381. The molecule has 2 aromatic rings. The van der Waals surface area contributed by atoms with E-state index < -0.39 is 8.32 Å². The second-order valence-electron chi connectivity index (χ2n) is 7.66. The van der Waals surface area contributed by atoms with Crippen LogP contribution in [0.25, 0.3) is 0 Å². The van der Waals surface area contributed by atoms with Gasteiger partial charge in [0.05, 0.1) is 5.92 Å². The molecule has 1 fully saturated rings. The lowest BCUT2D eigenvalue weighted by Gasteiger charge is -2.42. The molecule has 0 bridgehead atoms. The topological polar surface area (TPSA) is 35.5 Å². The van der Waals surface area contributed by atoms with Gasteiger partial charge in [0.1, 0.15) is 0 Å².